The van der Waals surface area contributed by atoms with E-state index in [4.69, 9.17) is 19.4 Å². The molecule has 0 bridgehead atoms. The van der Waals surface area contributed by atoms with E-state index in [1.54, 1.807) is 7.11 Å². The molecule has 0 radical (unpaired) electrons. The summed E-state index contributed by atoms with van der Waals surface area (Å²) in [6.45, 7) is 7.38. The van der Waals surface area contributed by atoms with Gasteiger partial charge in [0.05, 0.1) is 25.8 Å². The van der Waals surface area contributed by atoms with Crippen LogP contribution in [-0.2, 0) is 4.74 Å². The second-order valence-electron chi connectivity index (χ2n) is 7.53. The number of piperidine rings is 1. The van der Waals surface area contributed by atoms with Crippen molar-refractivity contribution in [3.05, 3.63) is 17.7 Å². The number of hydrogen-bond acceptors (Lipinski definition) is 7. The number of aryl methyl sites for hydroxylation is 1. The van der Waals surface area contributed by atoms with Crippen LogP contribution in [0.3, 0.4) is 0 Å². The van der Waals surface area contributed by atoms with Crippen molar-refractivity contribution in [1.82, 2.24) is 14.9 Å². The molecule has 2 aromatic rings. The van der Waals surface area contributed by atoms with Crippen LogP contribution in [0, 0.1) is 6.92 Å². The van der Waals surface area contributed by atoms with E-state index in [0.717, 1.165) is 86.2 Å². The lowest BCUT2D eigenvalue weighted by Crippen LogP contribution is -2.38. The van der Waals surface area contributed by atoms with E-state index >= 15 is 0 Å². The molecule has 0 aliphatic carbocycles. The summed E-state index contributed by atoms with van der Waals surface area (Å²) in [6.07, 6.45) is 2.25. The highest BCUT2D eigenvalue weighted by Gasteiger charge is 2.21. The zero-order valence-corrected chi connectivity index (χ0v) is 16.5. The van der Waals surface area contributed by atoms with Gasteiger partial charge in [-0.15, -0.1) is 0 Å². The van der Waals surface area contributed by atoms with Crippen LogP contribution in [0.25, 0.3) is 10.9 Å². The topological polar surface area (TPSA) is 62.8 Å². The molecule has 2 aliphatic heterocycles. The van der Waals surface area contributed by atoms with Gasteiger partial charge in [-0.1, -0.05) is 0 Å². The third kappa shape index (κ3) is 3.94. The van der Waals surface area contributed by atoms with Crippen LogP contribution < -0.4 is 15.0 Å². The lowest BCUT2D eigenvalue weighted by atomic mass is 10.0. The predicted octanol–water partition coefficient (Wildman–Crippen LogP) is 2.29. The Morgan fingerprint density at radius 3 is 2.56 bits per heavy atom. The maximum atomic E-state index is 5.54. The summed E-state index contributed by atoms with van der Waals surface area (Å²) in [5.41, 5.74) is 2.04. The summed E-state index contributed by atoms with van der Waals surface area (Å²) in [5, 5.41) is 4.73. The number of anilines is 2. The van der Waals surface area contributed by atoms with Crippen molar-refractivity contribution >= 4 is 22.7 Å². The van der Waals surface area contributed by atoms with Gasteiger partial charge < -0.3 is 24.6 Å². The maximum Gasteiger partial charge on any atom is 0.228 e. The number of fused-ring (bicyclic) bond motifs is 1. The molecule has 2 saturated heterocycles. The van der Waals surface area contributed by atoms with Gasteiger partial charge in [-0.05, 0) is 57.6 Å². The first kappa shape index (κ1) is 18.3. The fourth-order valence-corrected chi connectivity index (χ4v) is 3.83. The van der Waals surface area contributed by atoms with Gasteiger partial charge in [0, 0.05) is 24.5 Å². The Hall–Kier alpha value is -2.12. The minimum Gasteiger partial charge on any atom is -0.496 e. The Balaban J connectivity index is 1.72. The molecule has 1 aromatic heterocycles. The molecule has 3 heterocycles. The second kappa shape index (κ2) is 7.86. The Morgan fingerprint density at radius 2 is 1.85 bits per heavy atom. The van der Waals surface area contributed by atoms with Gasteiger partial charge in [0.2, 0.25) is 5.95 Å². The summed E-state index contributed by atoms with van der Waals surface area (Å²) < 4.78 is 11.0. The standard InChI is InChI=1S/C20H29N5O2/c1-14-12-17-16(13-18(14)26-3)19(21-15-4-6-24(2)7-5-15)23-20(22-17)25-8-10-27-11-9-25/h12-13,15H,4-11H2,1-3H3,(H,21,22,23). The van der Waals surface area contributed by atoms with E-state index in [-0.39, 0.29) is 0 Å². The molecule has 0 saturated carbocycles. The highest BCUT2D eigenvalue weighted by atomic mass is 16.5. The monoisotopic (exact) mass is 371 g/mol. The number of hydrogen-bond donors (Lipinski definition) is 1. The van der Waals surface area contributed by atoms with Crippen LogP contribution in [0.5, 0.6) is 5.75 Å². The van der Waals surface area contributed by atoms with Crippen LogP contribution in [0.4, 0.5) is 11.8 Å². The number of aromatic nitrogens is 2. The number of benzene rings is 1. The smallest absolute Gasteiger partial charge is 0.228 e. The third-order valence-corrected chi connectivity index (χ3v) is 5.55. The zero-order chi connectivity index (χ0) is 18.8. The molecular formula is C20H29N5O2. The summed E-state index contributed by atoms with van der Waals surface area (Å²) in [6, 6.07) is 4.59. The fraction of sp³-hybridized carbons (Fsp3) is 0.600. The minimum atomic E-state index is 0.434. The molecule has 7 nitrogen and oxygen atoms in total. The number of nitrogens with zero attached hydrogens (tertiary/aromatic N) is 4. The Labute approximate surface area is 160 Å². The highest BCUT2D eigenvalue weighted by Crippen LogP contribution is 2.31. The molecule has 0 atom stereocenters. The number of methoxy groups -OCH3 is 1. The van der Waals surface area contributed by atoms with Crippen LogP contribution >= 0.6 is 0 Å². The number of morpholine rings is 1. The molecule has 2 fully saturated rings. The number of rotatable bonds is 4. The normalized spacial score (nSPS) is 19.4. The van der Waals surface area contributed by atoms with E-state index < -0.39 is 0 Å². The number of likely N-dealkylation sites (tertiary alicyclic amines) is 1. The molecule has 7 heteroatoms. The van der Waals surface area contributed by atoms with Crippen LogP contribution in [-0.4, -0.2) is 74.5 Å². The first-order valence-electron chi connectivity index (χ1n) is 9.78. The van der Waals surface area contributed by atoms with E-state index in [0.29, 0.717) is 6.04 Å². The van der Waals surface area contributed by atoms with Crippen molar-refractivity contribution in [3.63, 3.8) is 0 Å². The lowest BCUT2D eigenvalue weighted by molar-refractivity contribution is 0.122. The summed E-state index contributed by atoms with van der Waals surface area (Å²) in [7, 11) is 3.89. The van der Waals surface area contributed by atoms with E-state index in [1.165, 1.54) is 0 Å². The van der Waals surface area contributed by atoms with E-state index in [9.17, 15) is 0 Å². The molecular weight excluding hydrogens is 342 g/mol. The summed E-state index contributed by atoms with van der Waals surface area (Å²) in [5.74, 6) is 2.57. The summed E-state index contributed by atoms with van der Waals surface area (Å²) in [4.78, 5) is 14.4. The van der Waals surface area contributed by atoms with Crippen molar-refractivity contribution in [2.24, 2.45) is 0 Å². The fourth-order valence-electron chi connectivity index (χ4n) is 3.83. The van der Waals surface area contributed by atoms with Crippen molar-refractivity contribution in [1.29, 1.82) is 0 Å². The van der Waals surface area contributed by atoms with Gasteiger partial charge in [-0.2, -0.15) is 4.98 Å². The van der Waals surface area contributed by atoms with Gasteiger partial charge in [-0.25, -0.2) is 4.98 Å². The van der Waals surface area contributed by atoms with E-state index in [2.05, 4.69) is 41.2 Å². The molecule has 0 amide bonds. The quantitative estimate of drug-likeness (QED) is 0.885. The molecule has 27 heavy (non-hydrogen) atoms. The first-order chi connectivity index (χ1) is 13.1. The minimum absolute atomic E-state index is 0.434. The molecule has 146 valence electrons. The molecule has 2 aliphatic rings. The van der Waals surface area contributed by atoms with Crippen LogP contribution in [0.1, 0.15) is 18.4 Å². The SMILES string of the molecule is COc1cc2c(NC3CCN(C)CC3)nc(N3CCOCC3)nc2cc1C. The highest BCUT2D eigenvalue weighted by molar-refractivity contribution is 5.92. The second-order valence-corrected chi connectivity index (χ2v) is 7.53. The average Bonchev–Trinajstić information content (AvgIpc) is 2.69. The number of nitrogens with one attached hydrogen (secondary N) is 1. The van der Waals surface area contributed by atoms with Gasteiger partial charge in [0.15, 0.2) is 0 Å². The van der Waals surface area contributed by atoms with Crippen molar-refractivity contribution in [2.75, 3.05) is 63.8 Å². The van der Waals surface area contributed by atoms with Gasteiger partial charge in [0.1, 0.15) is 11.6 Å². The third-order valence-electron chi connectivity index (χ3n) is 5.55. The van der Waals surface area contributed by atoms with Gasteiger partial charge in [-0.3, -0.25) is 0 Å². The molecule has 1 aromatic carbocycles. The van der Waals surface area contributed by atoms with Crippen LogP contribution in [0.2, 0.25) is 0 Å². The molecule has 0 unspecified atom stereocenters. The Kier molecular flexibility index (Phi) is 5.31. The van der Waals surface area contributed by atoms with Crippen LogP contribution in [0.15, 0.2) is 12.1 Å². The zero-order valence-electron chi connectivity index (χ0n) is 16.5. The maximum absolute atomic E-state index is 5.54. The molecule has 1 N–H and O–H groups in total. The lowest BCUT2D eigenvalue weighted by Gasteiger charge is -2.31. The van der Waals surface area contributed by atoms with Gasteiger partial charge >= 0.3 is 0 Å². The average molecular weight is 371 g/mol. The Bertz CT molecular complexity index is 799. The van der Waals surface area contributed by atoms with Crippen molar-refractivity contribution < 1.29 is 9.47 Å². The predicted molar refractivity (Wildman–Crippen MR) is 108 cm³/mol. The first-order valence-corrected chi connectivity index (χ1v) is 9.78. The van der Waals surface area contributed by atoms with E-state index in [1.807, 2.05) is 0 Å². The number of ether oxygens (including phenoxy) is 2. The Morgan fingerprint density at radius 1 is 1.11 bits per heavy atom. The van der Waals surface area contributed by atoms with Crippen molar-refractivity contribution in [2.45, 2.75) is 25.8 Å². The molecule has 4 rings (SSSR count). The van der Waals surface area contributed by atoms with Crippen molar-refractivity contribution in [3.8, 4) is 5.75 Å². The largest absolute Gasteiger partial charge is 0.496 e. The molecule has 0 spiro atoms. The van der Waals surface area contributed by atoms with Gasteiger partial charge in [0.25, 0.3) is 0 Å². The summed E-state index contributed by atoms with van der Waals surface area (Å²) >= 11 is 0.